The van der Waals surface area contributed by atoms with Gasteiger partial charge in [0.25, 0.3) is 0 Å². The number of carbonyl (C=O) groups excluding carboxylic acids is 1. The molecule has 0 aromatic rings. The molecule has 4 N–H and O–H groups in total. The van der Waals surface area contributed by atoms with Crippen LogP contribution in [0, 0.1) is 11.8 Å². The van der Waals surface area contributed by atoms with Crippen molar-refractivity contribution < 1.29 is 9.90 Å². The van der Waals surface area contributed by atoms with Gasteiger partial charge in [0.1, 0.15) is 0 Å². The summed E-state index contributed by atoms with van der Waals surface area (Å²) in [7, 11) is 0. The van der Waals surface area contributed by atoms with Gasteiger partial charge in [-0.2, -0.15) is 0 Å². The highest BCUT2D eigenvalue weighted by Crippen LogP contribution is 2.28. The summed E-state index contributed by atoms with van der Waals surface area (Å²) in [6.45, 7) is 2.19. The molecule has 5 atom stereocenters. The zero-order chi connectivity index (χ0) is 13.8. The van der Waals surface area contributed by atoms with Crippen LogP contribution in [0.25, 0.3) is 0 Å². The zero-order valence-electron chi connectivity index (χ0n) is 12.0. The highest BCUT2D eigenvalue weighted by molar-refractivity contribution is 5.79. The predicted octanol–water partition coefficient (Wildman–Crippen LogP) is 1.56. The normalized spacial score (nSPS) is 40.5. The molecule has 0 spiro atoms. The Morgan fingerprint density at radius 3 is 2.68 bits per heavy atom. The van der Waals surface area contributed by atoms with Crippen LogP contribution in [0.2, 0.25) is 0 Å². The van der Waals surface area contributed by atoms with Crippen LogP contribution in [0.15, 0.2) is 0 Å². The van der Waals surface area contributed by atoms with Gasteiger partial charge >= 0.3 is 0 Å². The van der Waals surface area contributed by atoms with Crippen molar-refractivity contribution in [1.82, 2.24) is 5.32 Å². The van der Waals surface area contributed by atoms with Crippen molar-refractivity contribution in [2.24, 2.45) is 17.6 Å². The Labute approximate surface area is 116 Å². The van der Waals surface area contributed by atoms with Crippen LogP contribution in [-0.4, -0.2) is 29.2 Å². The van der Waals surface area contributed by atoms with Gasteiger partial charge in [-0.05, 0) is 38.0 Å². The molecule has 5 unspecified atom stereocenters. The summed E-state index contributed by atoms with van der Waals surface area (Å²) >= 11 is 0. The largest absolute Gasteiger partial charge is 0.391 e. The number of aliphatic hydroxyl groups is 1. The first kappa shape index (κ1) is 14.8. The van der Waals surface area contributed by atoms with Crippen LogP contribution in [0.4, 0.5) is 0 Å². The Morgan fingerprint density at radius 2 is 1.89 bits per heavy atom. The predicted molar refractivity (Wildman–Crippen MR) is 75.5 cm³/mol. The molecule has 0 aromatic carbocycles. The lowest BCUT2D eigenvalue weighted by Gasteiger charge is -2.33. The van der Waals surface area contributed by atoms with Gasteiger partial charge in [0.05, 0.1) is 18.1 Å². The van der Waals surface area contributed by atoms with E-state index in [0.717, 1.165) is 51.4 Å². The van der Waals surface area contributed by atoms with Crippen LogP contribution >= 0.6 is 0 Å². The highest BCUT2D eigenvalue weighted by Gasteiger charge is 2.33. The zero-order valence-corrected chi connectivity index (χ0v) is 12.0. The molecular weight excluding hydrogens is 240 g/mol. The third-order valence-electron chi connectivity index (χ3n) is 4.81. The van der Waals surface area contributed by atoms with E-state index in [1.807, 2.05) is 0 Å². The Kier molecular flexibility index (Phi) is 5.22. The third-order valence-corrected chi connectivity index (χ3v) is 4.81. The monoisotopic (exact) mass is 268 g/mol. The Bertz CT molecular complexity index is 309. The maximum Gasteiger partial charge on any atom is 0.224 e. The van der Waals surface area contributed by atoms with E-state index in [1.165, 1.54) is 0 Å². The molecule has 4 nitrogen and oxygen atoms in total. The average molecular weight is 268 g/mol. The molecule has 19 heavy (non-hydrogen) atoms. The van der Waals surface area contributed by atoms with Crippen LogP contribution in [0.3, 0.4) is 0 Å². The third kappa shape index (κ3) is 3.93. The number of nitrogens with one attached hydrogen (secondary N) is 1. The summed E-state index contributed by atoms with van der Waals surface area (Å²) in [5.74, 6) is 0.568. The van der Waals surface area contributed by atoms with Gasteiger partial charge < -0.3 is 16.2 Å². The molecule has 4 heteroatoms. The number of carbonyl (C=O) groups is 1. The molecule has 110 valence electrons. The van der Waals surface area contributed by atoms with Gasteiger partial charge in [-0.1, -0.05) is 26.2 Å². The Balaban J connectivity index is 1.91. The van der Waals surface area contributed by atoms with Crippen molar-refractivity contribution >= 4 is 5.91 Å². The number of hydrogen-bond acceptors (Lipinski definition) is 3. The molecule has 0 bridgehead atoms. The summed E-state index contributed by atoms with van der Waals surface area (Å²) < 4.78 is 0. The summed E-state index contributed by atoms with van der Waals surface area (Å²) in [6.07, 6.45) is 7.57. The first-order valence-corrected chi connectivity index (χ1v) is 7.82. The van der Waals surface area contributed by atoms with E-state index in [-0.39, 0.29) is 30.0 Å². The van der Waals surface area contributed by atoms with Crippen molar-refractivity contribution in [2.45, 2.75) is 76.5 Å². The summed E-state index contributed by atoms with van der Waals surface area (Å²) in [5.41, 5.74) is 6.09. The number of nitrogens with two attached hydrogens (primary N) is 1. The Morgan fingerprint density at radius 1 is 1.16 bits per heavy atom. The average Bonchev–Trinajstić information content (AvgIpc) is 2.58. The number of aliphatic hydroxyl groups excluding tert-OH is 1. The quantitative estimate of drug-likeness (QED) is 0.665. The summed E-state index contributed by atoms with van der Waals surface area (Å²) in [5, 5.41) is 13.1. The van der Waals surface area contributed by atoms with Crippen molar-refractivity contribution in [1.29, 1.82) is 0 Å². The van der Waals surface area contributed by atoms with Crippen molar-refractivity contribution in [2.75, 3.05) is 0 Å². The molecule has 0 aromatic heterocycles. The van der Waals surface area contributed by atoms with E-state index in [2.05, 4.69) is 12.2 Å². The van der Waals surface area contributed by atoms with Gasteiger partial charge in [-0.3, -0.25) is 4.79 Å². The highest BCUT2D eigenvalue weighted by atomic mass is 16.3. The molecule has 2 saturated carbocycles. The maximum atomic E-state index is 12.4. The topological polar surface area (TPSA) is 75.4 Å². The van der Waals surface area contributed by atoms with E-state index in [1.54, 1.807) is 0 Å². The standard InChI is InChI=1S/C15H28N2O2/c1-10-7-8-12(16)11(9-10)15(19)17-13-5-3-2-4-6-14(13)18/h10-14,18H,2-9,16H2,1H3,(H,17,19). The van der Waals surface area contributed by atoms with Gasteiger partial charge in [-0.25, -0.2) is 0 Å². The van der Waals surface area contributed by atoms with Crippen molar-refractivity contribution in [3.05, 3.63) is 0 Å². The second-order valence-corrected chi connectivity index (χ2v) is 6.51. The van der Waals surface area contributed by atoms with Gasteiger partial charge in [-0.15, -0.1) is 0 Å². The first-order chi connectivity index (χ1) is 9.08. The van der Waals surface area contributed by atoms with Gasteiger partial charge in [0, 0.05) is 6.04 Å². The fourth-order valence-electron chi connectivity index (χ4n) is 3.45. The molecule has 1 amide bonds. The molecule has 2 aliphatic carbocycles. The van der Waals surface area contributed by atoms with E-state index in [4.69, 9.17) is 5.73 Å². The van der Waals surface area contributed by atoms with Crippen LogP contribution in [0.1, 0.15) is 58.3 Å². The fourth-order valence-corrected chi connectivity index (χ4v) is 3.45. The van der Waals surface area contributed by atoms with E-state index in [9.17, 15) is 9.90 Å². The van der Waals surface area contributed by atoms with E-state index >= 15 is 0 Å². The SMILES string of the molecule is CC1CCC(N)C(C(=O)NC2CCCCCC2O)C1. The molecule has 0 aliphatic heterocycles. The smallest absolute Gasteiger partial charge is 0.224 e. The van der Waals surface area contributed by atoms with Gasteiger partial charge in [0.2, 0.25) is 5.91 Å². The summed E-state index contributed by atoms with van der Waals surface area (Å²) in [4.78, 5) is 12.4. The van der Waals surface area contributed by atoms with E-state index in [0.29, 0.717) is 5.92 Å². The molecular formula is C15H28N2O2. The molecule has 2 fully saturated rings. The van der Waals surface area contributed by atoms with E-state index < -0.39 is 0 Å². The minimum absolute atomic E-state index is 0.0147. The lowest BCUT2D eigenvalue weighted by atomic mass is 9.78. The fraction of sp³-hybridized carbons (Fsp3) is 0.933. The second-order valence-electron chi connectivity index (χ2n) is 6.51. The second kappa shape index (κ2) is 6.71. The van der Waals surface area contributed by atoms with Crippen molar-refractivity contribution in [3.63, 3.8) is 0 Å². The summed E-state index contributed by atoms with van der Waals surface area (Å²) in [6, 6.07) is -0.0847. The Hall–Kier alpha value is -0.610. The lowest BCUT2D eigenvalue weighted by Crippen LogP contribution is -2.50. The minimum Gasteiger partial charge on any atom is -0.391 e. The molecule has 0 radical (unpaired) electrons. The number of rotatable bonds is 2. The van der Waals surface area contributed by atoms with Crippen molar-refractivity contribution in [3.8, 4) is 0 Å². The minimum atomic E-state index is -0.385. The lowest BCUT2D eigenvalue weighted by molar-refractivity contribution is -0.128. The molecule has 0 heterocycles. The molecule has 2 aliphatic rings. The maximum absolute atomic E-state index is 12.4. The number of amides is 1. The first-order valence-electron chi connectivity index (χ1n) is 7.82. The molecule has 0 saturated heterocycles. The van der Waals surface area contributed by atoms with Gasteiger partial charge in [0.15, 0.2) is 0 Å². The molecule has 2 rings (SSSR count). The van der Waals surface area contributed by atoms with Crippen LogP contribution in [-0.2, 0) is 4.79 Å². The van der Waals surface area contributed by atoms with Crippen LogP contribution in [0.5, 0.6) is 0 Å². The van der Waals surface area contributed by atoms with Crippen LogP contribution < -0.4 is 11.1 Å². The number of hydrogen-bond donors (Lipinski definition) is 3.